The van der Waals surface area contributed by atoms with E-state index in [9.17, 15) is 14.4 Å². The summed E-state index contributed by atoms with van der Waals surface area (Å²) in [4.78, 5) is 41.2. The maximum Gasteiger partial charge on any atom is 0.261 e. The Labute approximate surface area is 161 Å². The third kappa shape index (κ3) is 2.81. The SMILES string of the molecule is COc1ccc2[nH]cc(CCN3C(=O)c4ccccc4C3=O)c2c1NC(C)=O. The van der Waals surface area contributed by atoms with Gasteiger partial charge in [0.2, 0.25) is 5.91 Å². The maximum absolute atomic E-state index is 12.6. The van der Waals surface area contributed by atoms with Gasteiger partial charge in [-0.1, -0.05) is 12.1 Å². The highest BCUT2D eigenvalue weighted by Crippen LogP contribution is 2.36. The number of fused-ring (bicyclic) bond motifs is 2. The number of nitrogens with zero attached hydrogens (tertiary/aromatic N) is 1. The highest BCUT2D eigenvalue weighted by atomic mass is 16.5. The van der Waals surface area contributed by atoms with Gasteiger partial charge in [0.1, 0.15) is 5.75 Å². The minimum Gasteiger partial charge on any atom is -0.495 e. The van der Waals surface area contributed by atoms with Crippen LogP contribution in [0.5, 0.6) is 5.75 Å². The molecular weight excluding hydrogens is 358 g/mol. The molecule has 0 radical (unpaired) electrons. The van der Waals surface area contributed by atoms with Crippen molar-refractivity contribution in [2.75, 3.05) is 19.0 Å². The number of amides is 3. The number of benzene rings is 2. The van der Waals surface area contributed by atoms with Crippen LogP contribution in [0.25, 0.3) is 10.9 Å². The van der Waals surface area contributed by atoms with Crippen LogP contribution in [-0.4, -0.2) is 41.3 Å². The number of ether oxygens (including phenoxy) is 1. The lowest BCUT2D eigenvalue weighted by Gasteiger charge is -2.15. The maximum atomic E-state index is 12.6. The number of aromatic amines is 1. The molecule has 1 aliphatic heterocycles. The second kappa shape index (κ2) is 6.84. The molecule has 2 heterocycles. The van der Waals surface area contributed by atoms with Crippen LogP contribution in [0.15, 0.2) is 42.6 Å². The highest BCUT2D eigenvalue weighted by Gasteiger charge is 2.34. The van der Waals surface area contributed by atoms with E-state index in [0.29, 0.717) is 29.0 Å². The second-order valence-electron chi connectivity index (χ2n) is 6.62. The number of aromatic nitrogens is 1. The van der Waals surface area contributed by atoms with Gasteiger partial charge in [-0.15, -0.1) is 0 Å². The van der Waals surface area contributed by atoms with Crippen molar-refractivity contribution in [1.82, 2.24) is 9.88 Å². The Morgan fingerprint density at radius 2 is 1.79 bits per heavy atom. The summed E-state index contributed by atoms with van der Waals surface area (Å²) in [5, 5.41) is 3.63. The molecule has 7 heteroatoms. The van der Waals surface area contributed by atoms with E-state index in [1.54, 1.807) is 30.3 Å². The number of anilines is 1. The van der Waals surface area contributed by atoms with E-state index >= 15 is 0 Å². The van der Waals surface area contributed by atoms with Crippen molar-refractivity contribution in [3.8, 4) is 5.75 Å². The van der Waals surface area contributed by atoms with Crippen molar-refractivity contribution < 1.29 is 19.1 Å². The number of rotatable bonds is 5. The average molecular weight is 377 g/mol. The van der Waals surface area contributed by atoms with Crippen LogP contribution in [0, 0.1) is 0 Å². The molecule has 1 aromatic heterocycles. The molecule has 0 bridgehead atoms. The standard InChI is InChI=1S/C21H19N3O4/c1-12(25)23-19-17(28-2)8-7-16-18(19)13(11-22-16)9-10-24-20(26)14-5-3-4-6-15(14)21(24)27/h3-8,11,22H,9-10H2,1-2H3,(H,23,25). The van der Waals surface area contributed by atoms with Gasteiger partial charge >= 0.3 is 0 Å². The van der Waals surface area contributed by atoms with Crippen molar-refractivity contribution in [3.05, 3.63) is 59.3 Å². The molecule has 3 amide bonds. The zero-order chi connectivity index (χ0) is 19.8. The molecule has 0 unspecified atom stereocenters. The van der Waals surface area contributed by atoms with Crippen molar-refractivity contribution in [2.24, 2.45) is 0 Å². The molecule has 1 aliphatic rings. The topological polar surface area (TPSA) is 91.5 Å². The lowest BCUT2D eigenvalue weighted by Crippen LogP contribution is -2.31. The molecule has 2 aromatic carbocycles. The minimum absolute atomic E-state index is 0.210. The van der Waals surface area contributed by atoms with E-state index < -0.39 is 0 Å². The van der Waals surface area contributed by atoms with E-state index in [0.717, 1.165) is 16.5 Å². The number of nitrogens with one attached hydrogen (secondary N) is 2. The molecule has 7 nitrogen and oxygen atoms in total. The summed E-state index contributed by atoms with van der Waals surface area (Å²) in [7, 11) is 1.54. The number of methoxy groups -OCH3 is 1. The summed E-state index contributed by atoms with van der Waals surface area (Å²) in [6, 6.07) is 10.5. The Morgan fingerprint density at radius 3 is 2.39 bits per heavy atom. The van der Waals surface area contributed by atoms with Crippen LogP contribution >= 0.6 is 0 Å². The predicted molar refractivity (Wildman–Crippen MR) is 105 cm³/mol. The van der Waals surface area contributed by atoms with Gasteiger partial charge in [-0.25, -0.2) is 0 Å². The van der Waals surface area contributed by atoms with E-state index in [-0.39, 0.29) is 24.3 Å². The summed E-state index contributed by atoms with van der Waals surface area (Å²) in [6.45, 7) is 1.68. The molecule has 0 aliphatic carbocycles. The Balaban J connectivity index is 1.65. The fraction of sp³-hybridized carbons (Fsp3) is 0.190. The zero-order valence-electron chi connectivity index (χ0n) is 15.5. The normalized spacial score (nSPS) is 13.1. The van der Waals surface area contributed by atoms with Crippen molar-refractivity contribution >= 4 is 34.3 Å². The summed E-state index contributed by atoms with van der Waals surface area (Å²) in [6.07, 6.45) is 2.28. The number of imide groups is 1. The zero-order valence-corrected chi connectivity index (χ0v) is 15.5. The average Bonchev–Trinajstić information content (AvgIpc) is 3.20. The number of carbonyl (C=O) groups excluding carboxylic acids is 3. The van der Waals surface area contributed by atoms with Crippen LogP contribution < -0.4 is 10.1 Å². The van der Waals surface area contributed by atoms with Crippen LogP contribution in [-0.2, 0) is 11.2 Å². The third-order valence-corrected chi connectivity index (χ3v) is 4.89. The molecule has 0 saturated carbocycles. The Bertz CT molecular complexity index is 1080. The van der Waals surface area contributed by atoms with Gasteiger partial charge < -0.3 is 15.0 Å². The van der Waals surface area contributed by atoms with Crippen LogP contribution in [0.2, 0.25) is 0 Å². The monoisotopic (exact) mass is 377 g/mol. The highest BCUT2D eigenvalue weighted by molar-refractivity contribution is 6.21. The first-order valence-corrected chi connectivity index (χ1v) is 8.91. The lowest BCUT2D eigenvalue weighted by molar-refractivity contribution is -0.114. The number of hydrogen-bond donors (Lipinski definition) is 2. The minimum atomic E-state index is -0.278. The summed E-state index contributed by atoms with van der Waals surface area (Å²) in [5.74, 6) is -0.220. The summed E-state index contributed by atoms with van der Waals surface area (Å²) >= 11 is 0. The Hall–Kier alpha value is -3.61. The van der Waals surface area contributed by atoms with Crippen molar-refractivity contribution in [3.63, 3.8) is 0 Å². The Kier molecular flexibility index (Phi) is 4.35. The van der Waals surface area contributed by atoms with Gasteiger partial charge in [0.05, 0.1) is 23.9 Å². The van der Waals surface area contributed by atoms with Gasteiger partial charge in [-0.05, 0) is 36.2 Å². The van der Waals surface area contributed by atoms with E-state index in [2.05, 4.69) is 10.3 Å². The Morgan fingerprint density at radius 1 is 1.11 bits per heavy atom. The van der Waals surface area contributed by atoms with E-state index in [4.69, 9.17) is 4.74 Å². The van der Waals surface area contributed by atoms with Gasteiger partial charge in [0, 0.05) is 30.6 Å². The van der Waals surface area contributed by atoms with Gasteiger partial charge in [0.15, 0.2) is 0 Å². The smallest absolute Gasteiger partial charge is 0.261 e. The van der Waals surface area contributed by atoms with E-state index in [1.807, 2.05) is 12.3 Å². The van der Waals surface area contributed by atoms with Crippen molar-refractivity contribution in [1.29, 1.82) is 0 Å². The number of H-pyrrole nitrogens is 1. The van der Waals surface area contributed by atoms with E-state index in [1.165, 1.54) is 18.9 Å². The molecule has 0 atom stereocenters. The van der Waals surface area contributed by atoms with Gasteiger partial charge in [-0.3, -0.25) is 19.3 Å². The lowest BCUT2D eigenvalue weighted by atomic mass is 10.1. The molecule has 2 N–H and O–H groups in total. The first kappa shape index (κ1) is 17.8. The van der Waals surface area contributed by atoms with Gasteiger partial charge in [0.25, 0.3) is 11.8 Å². The number of carbonyl (C=O) groups is 3. The first-order valence-electron chi connectivity index (χ1n) is 8.91. The first-order chi connectivity index (χ1) is 13.5. The molecule has 0 saturated heterocycles. The van der Waals surface area contributed by atoms with Crippen LogP contribution in [0.1, 0.15) is 33.2 Å². The van der Waals surface area contributed by atoms with Crippen molar-refractivity contribution in [2.45, 2.75) is 13.3 Å². The van der Waals surface area contributed by atoms with Crippen LogP contribution in [0.3, 0.4) is 0 Å². The molecule has 142 valence electrons. The second-order valence-corrected chi connectivity index (χ2v) is 6.62. The molecule has 4 rings (SSSR count). The summed E-state index contributed by atoms with van der Waals surface area (Å²) in [5.41, 5.74) is 3.17. The predicted octanol–water partition coefficient (Wildman–Crippen LogP) is 2.97. The molecule has 0 fully saturated rings. The third-order valence-electron chi connectivity index (χ3n) is 4.89. The molecule has 3 aromatic rings. The molecule has 0 spiro atoms. The quantitative estimate of drug-likeness (QED) is 0.669. The fourth-order valence-electron chi connectivity index (χ4n) is 3.62. The number of hydrogen-bond acceptors (Lipinski definition) is 4. The molecular formula is C21H19N3O4. The fourth-order valence-corrected chi connectivity index (χ4v) is 3.62. The van der Waals surface area contributed by atoms with Gasteiger partial charge in [-0.2, -0.15) is 0 Å². The summed E-state index contributed by atoms with van der Waals surface area (Å²) < 4.78 is 5.39. The van der Waals surface area contributed by atoms with Crippen LogP contribution in [0.4, 0.5) is 5.69 Å². The largest absolute Gasteiger partial charge is 0.495 e. The molecule has 28 heavy (non-hydrogen) atoms.